The van der Waals surface area contributed by atoms with Crippen LogP contribution in [0, 0.1) is 6.92 Å². The number of aliphatic hydroxyl groups excluding tert-OH is 1. The fourth-order valence-electron chi connectivity index (χ4n) is 1.35. The summed E-state index contributed by atoms with van der Waals surface area (Å²) in [5.41, 5.74) is 7.49. The van der Waals surface area contributed by atoms with E-state index in [2.05, 4.69) is 0 Å². The van der Waals surface area contributed by atoms with Crippen LogP contribution in [0.1, 0.15) is 24.2 Å². The number of methoxy groups -OCH3 is 1. The second-order valence-electron chi connectivity index (χ2n) is 3.53. The number of benzene rings is 1. The van der Waals surface area contributed by atoms with Crippen molar-refractivity contribution < 1.29 is 9.84 Å². The van der Waals surface area contributed by atoms with Crippen molar-refractivity contribution >= 4 is 0 Å². The van der Waals surface area contributed by atoms with Crippen LogP contribution in [-0.4, -0.2) is 18.3 Å². The van der Waals surface area contributed by atoms with Crippen LogP contribution in [0.2, 0.25) is 0 Å². The normalized spacial score (nSPS) is 14.9. The standard InChI is InChI=1S/C11H17NO2/c1-7-4-5-9(14-3)6-10(7)11(13)8(2)12/h4-6,8,11,13H,12H2,1-3H3/t8-,11-/m0/s1. The molecule has 1 aromatic carbocycles. The molecule has 0 aliphatic heterocycles. The predicted octanol–water partition coefficient (Wildman–Crippen LogP) is 1.38. The van der Waals surface area contributed by atoms with E-state index in [0.717, 1.165) is 16.9 Å². The van der Waals surface area contributed by atoms with Crippen molar-refractivity contribution in [3.63, 3.8) is 0 Å². The number of rotatable bonds is 3. The number of aryl methyl sites for hydroxylation is 1. The Hall–Kier alpha value is -1.06. The average molecular weight is 195 g/mol. The van der Waals surface area contributed by atoms with Crippen LogP contribution in [0.5, 0.6) is 5.75 Å². The van der Waals surface area contributed by atoms with Crippen LogP contribution in [0.3, 0.4) is 0 Å². The number of hydrogen-bond donors (Lipinski definition) is 2. The van der Waals surface area contributed by atoms with Crippen molar-refractivity contribution in [3.8, 4) is 5.75 Å². The lowest BCUT2D eigenvalue weighted by atomic mass is 9.99. The molecule has 0 heterocycles. The third-order valence-electron chi connectivity index (χ3n) is 2.30. The minimum atomic E-state index is -0.634. The van der Waals surface area contributed by atoms with Gasteiger partial charge in [-0.3, -0.25) is 0 Å². The highest BCUT2D eigenvalue weighted by molar-refractivity contribution is 5.36. The lowest BCUT2D eigenvalue weighted by molar-refractivity contribution is 0.152. The Kier molecular flexibility index (Phi) is 3.49. The largest absolute Gasteiger partial charge is 0.497 e. The monoisotopic (exact) mass is 195 g/mol. The van der Waals surface area contributed by atoms with Gasteiger partial charge in [0.2, 0.25) is 0 Å². The molecular weight excluding hydrogens is 178 g/mol. The van der Waals surface area contributed by atoms with E-state index in [-0.39, 0.29) is 6.04 Å². The second kappa shape index (κ2) is 4.44. The highest BCUT2D eigenvalue weighted by Gasteiger charge is 2.15. The maximum absolute atomic E-state index is 9.82. The third-order valence-corrected chi connectivity index (χ3v) is 2.30. The van der Waals surface area contributed by atoms with Gasteiger partial charge in [-0.2, -0.15) is 0 Å². The van der Waals surface area contributed by atoms with Gasteiger partial charge in [0.05, 0.1) is 13.2 Å². The molecular formula is C11H17NO2. The van der Waals surface area contributed by atoms with Crippen molar-refractivity contribution in [2.45, 2.75) is 26.0 Å². The summed E-state index contributed by atoms with van der Waals surface area (Å²) < 4.78 is 5.09. The zero-order valence-electron chi connectivity index (χ0n) is 8.82. The molecule has 14 heavy (non-hydrogen) atoms. The number of ether oxygens (including phenoxy) is 1. The number of nitrogens with two attached hydrogens (primary N) is 1. The van der Waals surface area contributed by atoms with Crippen molar-refractivity contribution in [3.05, 3.63) is 29.3 Å². The van der Waals surface area contributed by atoms with E-state index >= 15 is 0 Å². The lowest BCUT2D eigenvalue weighted by Gasteiger charge is -2.17. The third kappa shape index (κ3) is 2.25. The molecule has 1 rings (SSSR count). The van der Waals surface area contributed by atoms with Gasteiger partial charge in [-0.05, 0) is 37.1 Å². The van der Waals surface area contributed by atoms with E-state index in [9.17, 15) is 5.11 Å². The van der Waals surface area contributed by atoms with Crippen LogP contribution < -0.4 is 10.5 Å². The fraction of sp³-hybridized carbons (Fsp3) is 0.455. The zero-order valence-corrected chi connectivity index (χ0v) is 8.82. The minimum absolute atomic E-state index is 0.277. The smallest absolute Gasteiger partial charge is 0.119 e. The molecule has 1 aromatic rings. The Morgan fingerprint density at radius 3 is 2.57 bits per heavy atom. The molecule has 0 aliphatic carbocycles. The SMILES string of the molecule is COc1ccc(C)c([C@@H](O)[C@H](C)N)c1. The van der Waals surface area contributed by atoms with Crippen LogP contribution in [-0.2, 0) is 0 Å². The van der Waals surface area contributed by atoms with Gasteiger partial charge in [-0.1, -0.05) is 6.07 Å². The maximum atomic E-state index is 9.82. The summed E-state index contributed by atoms with van der Waals surface area (Å²) in [6.07, 6.45) is -0.634. The Balaban J connectivity index is 3.05. The average Bonchev–Trinajstić information content (AvgIpc) is 2.17. The lowest BCUT2D eigenvalue weighted by Crippen LogP contribution is -2.25. The summed E-state index contributed by atoms with van der Waals surface area (Å²) in [5, 5.41) is 9.82. The van der Waals surface area contributed by atoms with Crippen LogP contribution >= 0.6 is 0 Å². The molecule has 0 radical (unpaired) electrons. The molecule has 0 amide bonds. The minimum Gasteiger partial charge on any atom is -0.497 e. The first kappa shape index (κ1) is 11.0. The first-order valence-corrected chi connectivity index (χ1v) is 4.64. The molecule has 3 nitrogen and oxygen atoms in total. The molecule has 3 N–H and O–H groups in total. The molecule has 3 heteroatoms. The van der Waals surface area contributed by atoms with Gasteiger partial charge in [0.15, 0.2) is 0 Å². The van der Waals surface area contributed by atoms with E-state index in [1.807, 2.05) is 25.1 Å². The van der Waals surface area contributed by atoms with Gasteiger partial charge >= 0.3 is 0 Å². The predicted molar refractivity (Wildman–Crippen MR) is 56.3 cm³/mol. The summed E-state index contributed by atoms with van der Waals surface area (Å²) >= 11 is 0. The van der Waals surface area contributed by atoms with E-state index in [4.69, 9.17) is 10.5 Å². The highest BCUT2D eigenvalue weighted by Crippen LogP contribution is 2.24. The molecule has 0 saturated carbocycles. The summed E-state index contributed by atoms with van der Waals surface area (Å²) in [5.74, 6) is 0.741. The van der Waals surface area contributed by atoms with Crippen molar-refractivity contribution in [2.24, 2.45) is 5.73 Å². The Morgan fingerprint density at radius 1 is 1.43 bits per heavy atom. The summed E-state index contributed by atoms with van der Waals surface area (Å²) in [7, 11) is 1.60. The molecule has 2 atom stereocenters. The molecule has 78 valence electrons. The fourth-order valence-corrected chi connectivity index (χ4v) is 1.35. The van der Waals surface area contributed by atoms with E-state index < -0.39 is 6.10 Å². The first-order valence-electron chi connectivity index (χ1n) is 4.64. The summed E-state index contributed by atoms with van der Waals surface area (Å²) in [4.78, 5) is 0. The van der Waals surface area contributed by atoms with Gasteiger partial charge in [0.25, 0.3) is 0 Å². The van der Waals surface area contributed by atoms with E-state index in [0.29, 0.717) is 0 Å². The topological polar surface area (TPSA) is 55.5 Å². The Labute approximate surface area is 84.5 Å². The molecule has 0 fully saturated rings. The van der Waals surface area contributed by atoms with Crippen molar-refractivity contribution in [1.29, 1.82) is 0 Å². The number of aliphatic hydroxyl groups is 1. The van der Waals surface area contributed by atoms with Gasteiger partial charge in [-0.15, -0.1) is 0 Å². The summed E-state index contributed by atoms with van der Waals surface area (Å²) in [6, 6.07) is 5.33. The van der Waals surface area contributed by atoms with E-state index in [1.165, 1.54) is 0 Å². The molecule has 0 unspecified atom stereocenters. The van der Waals surface area contributed by atoms with Gasteiger partial charge in [0.1, 0.15) is 5.75 Å². The maximum Gasteiger partial charge on any atom is 0.119 e. The van der Waals surface area contributed by atoms with E-state index in [1.54, 1.807) is 14.0 Å². The molecule has 0 spiro atoms. The van der Waals surface area contributed by atoms with Gasteiger partial charge < -0.3 is 15.6 Å². The zero-order chi connectivity index (χ0) is 10.7. The molecule has 0 saturated heterocycles. The van der Waals surface area contributed by atoms with Gasteiger partial charge in [0, 0.05) is 6.04 Å². The first-order chi connectivity index (χ1) is 6.56. The quantitative estimate of drug-likeness (QED) is 0.766. The van der Waals surface area contributed by atoms with Gasteiger partial charge in [-0.25, -0.2) is 0 Å². The van der Waals surface area contributed by atoms with Crippen LogP contribution in [0.15, 0.2) is 18.2 Å². The molecule has 0 aromatic heterocycles. The Morgan fingerprint density at radius 2 is 2.07 bits per heavy atom. The highest BCUT2D eigenvalue weighted by atomic mass is 16.5. The summed E-state index contributed by atoms with van der Waals surface area (Å²) in [6.45, 7) is 3.73. The van der Waals surface area contributed by atoms with Crippen molar-refractivity contribution in [2.75, 3.05) is 7.11 Å². The van der Waals surface area contributed by atoms with Crippen LogP contribution in [0.25, 0.3) is 0 Å². The number of hydrogen-bond acceptors (Lipinski definition) is 3. The molecule has 0 bridgehead atoms. The second-order valence-corrected chi connectivity index (χ2v) is 3.53. The molecule has 0 aliphatic rings. The van der Waals surface area contributed by atoms with Crippen LogP contribution in [0.4, 0.5) is 0 Å². The Bertz CT molecular complexity index is 310. The van der Waals surface area contributed by atoms with Crippen molar-refractivity contribution in [1.82, 2.24) is 0 Å².